The van der Waals surface area contributed by atoms with Gasteiger partial charge in [0.1, 0.15) is 5.54 Å². The van der Waals surface area contributed by atoms with Gasteiger partial charge in [0.05, 0.1) is 19.1 Å². The second kappa shape index (κ2) is 6.20. The van der Waals surface area contributed by atoms with Crippen molar-refractivity contribution in [2.24, 2.45) is 5.92 Å². The molecule has 2 amide bonds. The van der Waals surface area contributed by atoms with Crippen molar-refractivity contribution in [3.8, 4) is 0 Å². The number of rotatable bonds is 4. The van der Waals surface area contributed by atoms with Gasteiger partial charge in [-0.3, -0.25) is 0 Å². The quantitative estimate of drug-likeness (QED) is 0.893. The SMILES string of the molecule is CC1CCC(NC(=O)N(C)Cc2ccoc2)(C(=O)O)CC1. The molecule has 2 rings (SSSR count). The highest BCUT2D eigenvalue weighted by atomic mass is 16.4. The minimum atomic E-state index is -1.13. The van der Waals surface area contributed by atoms with Gasteiger partial charge in [0.15, 0.2) is 0 Å². The number of nitrogens with zero attached hydrogens (tertiary/aromatic N) is 1. The van der Waals surface area contributed by atoms with Crippen molar-refractivity contribution in [2.75, 3.05) is 7.05 Å². The summed E-state index contributed by atoms with van der Waals surface area (Å²) in [5.74, 6) is -0.433. The van der Waals surface area contributed by atoms with Crippen molar-refractivity contribution in [3.05, 3.63) is 24.2 Å². The second-order valence-corrected chi connectivity index (χ2v) is 5.99. The summed E-state index contributed by atoms with van der Waals surface area (Å²) in [5, 5.41) is 12.2. The van der Waals surface area contributed by atoms with Crippen LogP contribution in [0.15, 0.2) is 23.0 Å². The number of carbonyl (C=O) groups excluding carboxylic acids is 1. The first kappa shape index (κ1) is 15.4. The summed E-state index contributed by atoms with van der Waals surface area (Å²) < 4.78 is 4.96. The molecule has 6 nitrogen and oxygen atoms in total. The third-order valence-corrected chi connectivity index (χ3v) is 4.23. The van der Waals surface area contributed by atoms with E-state index in [2.05, 4.69) is 12.2 Å². The third-order valence-electron chi connectivity index (χ3n) is 4.23. The molecule has 1 aromatic rings. The maximum atomic E-state index is 12.2. The van der Waals surface area contributed by atoms with Gasteiger partial charge in [-0.1, -0.05) is 6.92 Å². The Bertz CT molecular complexity index is 490. The van der Waals surface area contributed by atoms with Crippen LogP contribution in [0, 0.1) is 5.92 Å². The molecular weight excluding hydrogens is 272 g/mol. The lowest BCUT2D eigenvalue weighted by molar-refractivity contribution is -0.146. The van der Waals surface area contributed by atoms with Crippen LogP contribution in [0.1, 0.15) is 38.2 Å². The van der Waals surface area contributed by atoms with Gasteiger partial charge in [-0.25, -0.2) is 9.59 Å². The van der Waals surface area contributed by atoms with Crippen molar-refractivity contribution in [2.45, 2.75) is 44.7 Å². The van der Waals surface area contributed by atoms with E-state index in [1.807, 2.05) is 0 Å². The number of hydrogen-bond donors (Lipinski definition) is 2. The zero-order valence-electron chi connectivity index (χ0n) is 12.5. The van der Waals surface area contributed by atoms with Crippen molar-refractivity contribution < 1.29 is 19.1 Å². The van der Waals surface area contributed by atoms with E-state index in [0.29, 0.717) is 25.3 Å². The monoisotopic (exact) mass is 294 g/mol. The molecule has 6 heteroatoms. The summed E-state index contributed by atoms with van der Waals surface area (Å²) in [5.41, 5.74) is -0.261. The van der Waals surface area contributed by atoms with E-state index in [0.717, 1.165) is 18.4 Å². The number of carboxylic acid groups (broad SMARTS) is 1. The Morgan fingerprint density at radius 3 is 2.67 bits per heavy atom. The number of carboxylic acids is 1. The van der Waals surface area contributed by atoms with E-state index in [1.54, 1.807) is 25.6 Å². The number of carbonyl (C=O) groups is 2. The van der Waals surface area contributed by atoms with Gasteiger partial charge in [-0.05, 0) is 37.7 Å². The number of furan rings is 1. The molecule has 0 atom stereocenters. The summed E-state index contributed by atoms with van der Waals surface area (Å²) in [4.78, 5) is 25.3. The molecule has 1 fully saturated rings. The summed E-state index contributed by atoms with van der Waals surface area (Å²) >= 11 is 0. The Hall–Kier alpha value is -1.98. The van der Waals surface area contributed by atoms with Crippen LogP contribution >= 0.6 is 0 Å². The highest BCUT2D eigenvalue weighted by molar-refractivity contribution is 5.86. The zero-order valence-corrected chi connectivity index (χ0v) is 12.5. The normalized spacial score (nSPS) is 25.3. The van der Waals surface area contributed by atoms with Gasteiger partial charge < -0.3 is 19.7 Å². The maximum absolute atomic E-state index is 12.2. The molecule has 0 radical (unpaired) electrons. The fourth-order valence-corrected chi connectivity index (χ4v) is 2.68. The lowest BCUT2D eigenvalue weighted by atomic mass is 9.77. The van der Waals surface area contributed by atoms with E-state index in [1.165, 1.54) is 4.90 Å². The molecule has 0 unspecified atom stereocenters. The van der Waals surface area contributed by atoms with Crippen molar-refractivity contribution in [1.82, 2.24) is 10.2 Å². The third kappa shape index (κ3) is 3.56. The molecule has 21 heavy (non-hydrogen) atoms. The zero-order chi connectivity index (χ0) is 15.5. The standard InChI is InChI=1S/C15H22N2O4/c1-11-3-6-15(7-4-11,13(18)19)16-14(20)17(2)9-12-5-8-21-10-12/h5,8,10-11H,3-4,6-7,9H2,1-2H3,(H,16,20)(H,18,19). The predicted molar refractivity (Wildman–Crippen MR) is 76.7 cm³/mol. The summed E-state index contributed by atoms with van der Waals surface area (Å²) in [6.45, 7) is 2.49. The van der Waals surface area contributed by atoms with E-state index in [-0.39, 0.29) is 6.03 Å². The lowest BCUT2D eigenvalue weighted by Gasteiger charge is -2.37. The highest BCUT2D eigenvalue weighted by Crippen LogP contribution is 2.32. The molecule has 1 heterocycles. The van der Waals surface area contributed by atoms with Crippen LogP contribution in [-0.2, 0) is 11.3 Å². The molecule has 0 spiro atoms. The van der Waals surface area contributed by atoms with Crippen molar-refractivity contribution in [3.63, 3.8) is 0 Å². The van der Waals surface area contributed by atoms with Gasteiger partial charge in [0, 0.05) is 12.6 Å². The number of hydrogen-bond acceptors (Lipinski definition) is 3. The fraction of sp³-hybridized carbons (Fsp3) is 0.600. The molecule has 1 aromatic heterocycles. The molecule has 2 N–H and O–H groups in total. The molecule has 0 aliphatic heterocycles. The molecule has 1 aliphatic rings. The molecule has 0 aromatic carbocycles. The van der Waals surface area contributed by atoms with E-state index in [4.69, 9.17) is 4.42 Å². The Labute approximate surface area is 124 Å². The Morgan fingerprint density at radius 1 is 1.48 bits per heavy atom. The number of aliphatic carboxylic acids is 1. The summed E-state index contributed by atoms with van der Waals surface area (Å²) in [6, 6.07) is 1.41. The Balaban J connectivity index is 1.99. The Kier molecular flexibility index (Phi) is 4.55. The lowest BCUT2D eigenvalue weighted by Crippen LogP contribution is -2.58. The van der Waals surface area contributed by atoms with E-state index < -0.39 is 11.5 Å². The fourth-order valence-electron chi connectivity index (χ4n) is 2.68. The van der Waals surface area contributed by atoms with Gasteiger partial charge in [-0.15, -0.1) is 0 Å². The topological polar surface area (TPSA) is 82.8 Å². The average molecular weight is 294 g/mol. The van der Waals surface area contributed by atoms with E-state index >= 15 is 0 Å². The molecule has 0 saturated heterocycles. The minimum Gasteiger partial charge on any atom is -0.480 e. The molecule has 1 saturated carbocycles. The first-order valence-corrected chi connectivity index (χ1v) is 7.21. The Morgan fingerprint density at radius 2 is 2.14 bits per heavy atom. The van der Waals surface area contributed by atoms with Crippen LogP contribution in [0.25, 0.3) is 0 Å². The largest absolute Gasteiger partial charge is 0.480 e. The van der Waals surface area contributed by atoms with Gasteiger partial charge in [0.2, 0.25) is 0 Å². The van der Waals surface area contributed by atoms with Crippen LogP contribution in [-0.4, -0.2) is 34.6 Å². The molecule has 116 valence electrons. The van der Waals surface area contributed by atoms with Crippen molar-refractivity contribution >= 4 is 12.0 Å². The first-order chi connectivity index (χ1) is 9.93. The molecular formula is C15H22N2O4. The van der Waals surface area contributed by atoms with Crippen LogP contribution in [0.5, 0.6) is 0 Å². The predicted octanol–water partition coefficient (Wildman–Crippen LogP) is 2.45. The average Bonchev–Trinajstić information content (AvgIpc) is 2.94. The highest BCUT2D eigenvalue weighted by Gasteiger charge is 2.43. The van der Waals surface area contributed by atoms with Gasteiger partial charge in [0.25, 0.3) is 0 Å². The minimum absolute atomic E-state index is 0.367. The van der Waals surface area contributed by atoms with Crippen LogP contribution in [0.4, 0.5) is 4.79 Å². The van der Waals surface area contributed by atoms with E-state index in [9.17, 15) is 14.7 Å². The molecule has 1 aliphatic carbocycles. The van der Waals surface area contributed by atoms with Gasteiger partial charge in [-0.2, -0.15) is 0 Å². The van der Waals surface area contributed by atoms with Gasteiger partial charge >= 0.3 is 12.0 Å². The van der Waals surface area contributed by atoms with Crippen LogP contribution < -0.4 is 5.32 Å². The second-order valence-electron chi connectivity index (χ2n) is 5.99. The number of urea groups is 1. The van der Waals surface area contributed by atoms with Crippen molar-refractivity contribution in [1.29, 1.82) is 0 Å². The number of amides is 2. The summed E-state index contributed by atoms with van der Waals surface area (Å²) in [7, 11) is 1.64. The van der Waals surface area contributed by atoms with Crippen LogP contribution in [0.3, 0.4) is 0 Å². The van der Waals surface area contributed by atoms with Crippen LogP contribution in [0.2, 0.25) is 0 Å². The summed E-state index contributed by atoms with van der Waals surface area (Å²) in [6.07, 6.45) is 5.71. The molecule has 0 bridgehead atoms. The first-order valence-electron chi connectivity index (χ1n) is 7.21. The number of nitrogens with one attached hydrogen (secondary N) is 1. The maximum Gasteiger partial charge on any atom is 0.329 e. The smallest absolute Gasteiger partial charge is 0.329 e.